The topological polar surface area (TPSA) is 33.0 Å². The molecule has 0 aromatic carbocycles. The number of ether oxygens (including phenoxy) is 1. The molecule has 1 aliphatic rings. The Balaban J connectivity index is 2.31. The van der Waals surface area contributed by atoms with Gasteiger partial charge in [-0.15, -0.1) is 0 Å². The van der Waals surface area contributed by atoms with E-state index in [1.54, 1.807) is 0 Å². The van der Waals surface area contributed by atoms with Gasteiger partial charge in [0.2, 0.25) is 0 Å². The van der Waals surface area contributed by atoms with Crippen molar-refractivity contribution in [1.82, 2.24) is 0 Å². The average Bonchev–Trinajstić information content (AvgIpc) is 2.14. The van der Waals surface area contributed by atoms with Crippen molar-refractivity contribution in [1.29, 1.82) is 5.26 Å². The maximum atomic E-state index is 8.17. The van der Waals surface area contributed by atoms with Crippen LogP contribution in [0.25, 0.3) is 0 Å². The van der Waals surface area contributed by atoms with Gasteiger partial charge in [0.25, 0.3) is 0 Å². The third-order valence-corrected chi connectivity index (χ3v) is 0.940. The smallest absolute Gasteiger partial charge is 0.144 e. The first-order valence-electron chi connectivity index (χ1n) is 2.26. The predicted molar refractivity (Wildman–Crippen MR) is 24.3 cm³/mol. The monoisotopic (exact) mass is 96.0 g/mol. The van der Waals surface area contributed by atoms with E-state index in [9.17, 15) is 0 Å². The van der Waals surface area contributed by atoms with Crippen LogP contribution in [0, 0.1) is 17.8 Å². The highest BCUT2D eigenvalue weighted by atomic mass is 16.5. The van der Waals surface area contributed by atoms with E-state index in [1.807, 2.05) is 12.5 Å². The van der Waals surface area contributed by atoms with Gasteiger partial charge >= 0.3 is 0 Å². The van der Waals surface area contributed by atoms with E-state index < -0.39 is 0 Å². The molecule has 0 aliphatic carbocycles. The lowest BCUT2D eigenvalue weighted by Crippen LogP contribution is -1.98. The summed E-state index contributed by atoms with van der Waals surface area (Å²) in [6, 6.07) is 2.01. The van der Waals surface area contributed by atoms with E-state index in [0.29, 0.717) is 6.61 Å². The summed E-state index contributed by atoms with van der Waals surface area (Å²) in [5, 5.41) is 8.17. The molecule has 1 rings (SSSR count). The lowest BCUT2D eigenvalue weighted by Gasteiger charge is -1.91. The van der Waals surface area contributed by atoms with Crippen LogP contribution in [-0.4, -0.2) is 12.7 Å². The van der Waals surface area contributed by atoms with E-state index in [0.717, 1.165) is 6.42 Å². The fourth-order valence-corrected chi connectivity index (χ4v) is 0.562. The molecule has 0 aromatic rings. The SMILES string of the molecule is N#CC1C[CH]CO1. The summed E-state index contributed by atoms with van der Waals surface area (Å²) < 4.78 is 4.89. The third-order valence-electron chi connectivity index (χ3n) is 0.940. The zero-order valence-electron chi connectivity index (χ0n) is 3.92. The molecule has 2 nitrogen and oxygen atoms in total. The molecule has 0 bridgehead atoms. The highest BCUT2D eigenvalue weighted by Gasteiger charge is 2.12. The van der Waals surface area contributed by atoms with Gasteiger partial charge in [-0.25, -0.2) is 0 Å². The molecule has 37 valence electrons. The molecule has 1 fully saturated rings. The Labute approximate surface area is 42.7 Å². The lowest BCUT2D eigenvalue weighted by atomic mass is 10.3. The Morgan fingerprint density at radius 3 is 3.00 bits per heavy atom. The summed E-state index contributed by atoms with van der Waals surface area (Å²) in [6.45, 7) is 0.651. The van der Waals surface area contributed by atoms with Crippen LogP contribution in [0.1, 0.15) is 6.42 Å². The van der Waals surface area contributed by atoms with E-state index in [1.165, 1.54) is 0 Å². The quantitative estimate of drug-likeness (QED) is 0.440. The van der Waals surface area contributed by atoms with Gasteiger partial charge in [0.05, 0.1) is 12.7 Å². The molecular formula is C5H6NO. The van der Waals surface area contributed by atoms with Crippen molar-refractivity contribution in [3.8, 4) is 6.07 Å². The van der Waals surface area contributed by atoms with Crippen LogP contribution < -0.4 is 0 Å². The van der Waals surface area contributed by atoms with Crippen molar-refractivity contribution >= 4 is 0 Å². The summed E-state index contributed by atoms with van der Waals surface area (Å²) in [5.74, 6) is 0. The molecule has 2 heteroatoms. The van der Waals surface area contributed by atoms with Gasteiger partial charge < -0.3 is 4.74 Å². The second-order valence-corrected chi connectivity index (χ2v) is 1.48. The standard InChI is InChI=1S/C5H6NO/c6-4-5-2-1-3-7-5/h1,5H,2-3H2. The number of nitriles is 1. The minimum absolute atomic E-state index is 0.153. The molecule has 1 aliphatic heterocycles. The van der Waals surface area contributed by atoms with Crippen molar-refractivity contribution in [2.75, 3.05) is 6.61 Å². The van der Waals surface area contributed by atoms with Crippen molar-refractivity contribution in [2.24, 2.45) is 0 Å². The maximum absolute atomic E-state index is 8.17. The Hall–Kier alpha value is -0.550. The van der Waals surface area contributed by atoms with Crippen LogP contribution in [0.2, 0.25) is 0 Å². The molecule has 0 spiro atoms. The summed E-state index contributed by atoms with van der Waals surface area (Å²) in [6.07, 6.45) is 2.62. The lowest BCUT2D eigenvalue weighted by molar-refractivity contribution is 0.154. The van der Waals surface area contributed by atoms with Crippen LogP contribution in [0.3, 0.4) is 0 Å². The second-order valence-electron chi connectivity index (χ2n) is 1.48. The largest absolute Gasteiger partial charge is 0.363 e. The summed E-state index contributed by atoms with van der Waals surface area (Å²) in [7, 11) is 0. The molecule has 0 saturated carbocycles. The van der Waals surface area contributed by atoms with E-state index in [-0.39, 0.29) is 6.10 Å². The molecule has 1 unspecified atom stereocenters. The zero-order valence-corrected chi connectivity index (χ0v) is 3.92. The van der Waals surface area contributed by atoms with Crippen LogP contribution in [0.4, 0.5) is 0 Å². The van der Waals surface area contributed by atoms with Crippen molar-refractivity contribution in [3.63, 3.8) is 0 Å². The molecule has 7 heavy (non-hydrogen) atoms. The number of nitrogens with zero attached hydrogens (tertiary/aromatic N) is 1. The molecule has 1 saturated heterocycles. The minimum Gasteiger partial charge on any atom is -0.363 e. The number of rotatable bonds is 0. The van der Waals surface area contributed by atoms with Crippen molar-refractivity contribution < 1.29 is 4.74 Å². The Morgan fingerprint density at radius 2 is 2.71 bits per heavy atom. The van der Waals surface area contributed by atoms with Gasteiger partial charge in [-0.1, -0.05) is 0 Å². The van der Waals surface area contributed by atoms with Gasteiger partial charge in [0, 0.05) is 0 Å². The van der Waals surface area contributed by atoms with Crippen LogP contribution in [0.5, 0.6) is 0 Å². The first-order valence-corrected chi connectivity index (χ1v) is 2.26. The molecular weight excluding hydrogens is 90.1 g/mol. The molecule has 1 heterocycles. The van der Waals surface area contributed by atoms with E-state index >= 15 is 0 Å². The van der Waals surface area contributed by atoms with Gasteiger partial charge in [-0.2, -0.15) is 5.26 Å². The number of hydrogen-bond acceptors (Lipinski definition) is 2. The van der Waals surface area contributed by atoms with Crippen LogP contribution >= 0.6 is 0 Å². The summed E-state index contributed by atoms with van der Waals surface area (Å²) in [4.78, 5) is 0. The molecule has 0 aromatic heterocycles. The van der Waals surface area contributed by atoms with Gasteiger partial charge in [-0.3, -0.25) is 0 Å². The normalized spacial score (nSPS) is 29.9. The average molecular weight is 96.1 g/mol. The summed E-state index contributed by atoms with van der Waals surface area (Å²) >= 11 is 0. The molecule has 0 amide bonds. The number of hydrogen-bond donors (Lipinski definition) is 0. The molecule has 1 atom stereocenters. The van der Waals surface area contributed by atoms with Crippen LogP contribution in [0.15, 0.2) is 0 Å². The van der Waals surface area contributed by atoms with E-state index in [4.69, 9.17) is 10.00 Å². The maximum Gasteiger partial charge on any atom is 0.144 e. The Kier molecular flexibility index (Phi) is 1.28. The molecule has 1 radical (unpaired) electrons. The van der Waals surface area contributed by atoms with Crippen molar-refractivity contribution in [2.45, 2.75) is 12.5 Å². The molecule has 0 N–H and O–H groups in total. The van der Waals surface area contributed by atoms with Gasteiger partial charge in [0.1, 0.15) is 6.10 Å². The highest BCUT2D eigenvalue weighted by molar-refractivity contribution is 4.93. The fraction of sp³-hybridized carbons (Fsp3) is 0.600. The third kappa shape index (κ3) is 0.908. The minimum atomic E-state index is -0.153. The Morgan fingerprint density at radius 1 is 1.86 bits per heavy atom. The first-order chi connectivity index (χ1) is 3.43. The van der Waals surface area contributed by atoms with Crippen molar-refractivity contribution in [3.05, 3.63) is 6.42 Å². The fourth-order valence-electron chi connectivity index (χ4n) is 0.562. The zero-order chi connectivity index (χ0) is 5.11. The van der Waals surface area contributed by atoms with Gasteiger partial charge in [-0.05, 0) is 12.8 Å². The summed E-state index contributed by atoms with van der Waals surface area (Å²) in [5.41, 5.74) is 0. The van der Waals surface area contributed by atoms with E-state index in [2.05, 4.69) is 0 Å². The predicted octanol–water partition coefficient (Wildman–Crippen LogP) is 0.503. The van der Waals surface area contributed by atoms with Gasteiger partial charge in [0.15, 0.2) is 0 Å². The Bertz CT molecular complexity index is 88.7. The highest BCUT2D eigenvalue weighted by Crippen LogP contribution is 2.08. The first kappa shape index (κ1) is 4.61. The second kappa shape index (κ2) is 1.94. The van der Waals surface area contributed by atoms with Crippen LogP contribution in [-0.2, 0) is 4.74 Å².